The quantitative estimate of drug-likeness (QED) is 0.0571. The van der Waals surface area contributed by atoms with E-state index in [1.54, 1.807) is 0 Å². The van der Waals surface area contributed by atoms with Gasteiger partial charge in [-0.3, -0.25) is 14.4 Å². The molecule has 6 saturated heterocycles. The fraction of sp³-hybridized carbons (Fsp3) is 0.929. The number of hydrogen-bond donors (Lipinski definition) is 20. The van der Waals surface area contributed by atoms with Crippen LogP contribution in [0, 0.1) is 0 Å². The summed E-state index contributed by atoms with van der Waals surface area (Å²) in [6.45, 7) is -2.65. The Morgan fingerprint density at radius 3 is 1.24 bits per heavy atom. The molecule has 6 heterocycles. The van der Waals surface area contributed by atoms with Crippen molar-refractivity contribution in [2.75, 3.05) is 39.6 Å². The van der Waals surface area contributed by atoms with E-state index in [2.05, 4.69) is 16.0 Å². The summed E-state index contributed by atoms with van der Waals surface area (Å²) in [6, 6.07) is -4.92. The van der Waals surface area contributed by atoms with E-state index in [1.807, 2.05) is 0 Å². The normalized spacial score (nSPS) is 48.2. The lowest BCUT2D eigenvalue weighted by molar-refractivity contribution is -0.387. The molecule has 20 N–H and O–H groups in total. The molecule has 0 aromatic carbocycles. The number of aliphatic hydroxyl groups is 17. The van der Waals surface area contributed by atoms with Gasteiger partial charge in [-0.2, -0.15) is 0 Å². The van der Waals surface area contributed by atoms with Gasteiger partial charge < -0.3 is 155 Å². The van der Waals surface area contributed by atoms with Crippen LogP contribution in [-0.2, 0) is 66.5 Å². The number of hydrogen-bond acceptors (Lipinski definition) is 31. The van der Waals surface area contributed by atoms with E-state index in [1.165, 1.54) is 0 Å². The lowest BCUT2D eigenvalue weighted by Crippen LogP contribution is -2.70. The van der Waals surface area contributed by atoms with Gasteiger partial charge in [0, 0.05) is 20.8 Å². The van der Waals surface area contributed by atoms with Crippen molar-refractivity contribution in [1.82, 2.24) is 16.0 Å². The topological polar surface area (TPSA) is 533 Å². The molecule has 30 atom stereocenters. The second kappa shape index (κ2) is 27.2. The predicted molar refractivity (Wildman–Crippen MR) is 234 cm³/mol. The maximum absolute atomic E-state index is 12.6. The van der Waals surface area contributed by atoms with Crippen LogP contribution >= 0.6 is 0 Å². The average Bonchev–Trinajstić information content (AvgIpc) is 3.38. The molecule has 0 saturated carbocycles. The highest BCUT2D eigenvalue weighted by molar-refractivity contribution is 5.74. The Kier molecular flexibility index (Phi) is 22.3. The summed E-state index contributed by atoms with van der Waals surface area (Å²) >= 11 is 0. The monoisotopic (exact) mass is 1110 g/mol. The first-order valence-corrected chi connectivity index (χ1v) is 24.1. The number of carbonyl (C=O) groups is 3. The highest BCUT2D eigenvalue weighted by Gasteiger charge is 2.57. The molecule has 0 bridgehead atoms. The van der Waals surface area contributed by atoms with Gasteiger partial charge in [0.2, 0.25) is 17.7 Å². The molecule has 0 radical (unpaired) electrons. The first-order chi connectivity index (χ1) is 35.9. The van der Waals surface area contributed by atoms with Gasteiger partial charge in [0.25, 0.3) is 0 Å². The fourth-order valence-electron chi connectivity index (χ4n) is 9.60. The molecule has 6 rings (SSSR count). The Bertz CT molecular complexity index is 1870. The molecule has 76 heavy (non-hydrogen) atoms. The largest absolute Gasteiger partial charge is 0.394 e. The van der Waals surface area contributed by atoms with Crippen LogP contribution in [0.1, 0.15) is 20.8 Å². The minimum absolute atomic E-state index is 0.721. The van der Waals surface area contributed by atoms with E-state index in [0.717, 1.165) is 20.8 Å². The zero-order chi connectivity index (χ0) is 56.2. The molecule has 0 unspecified atom stereocenters. The number of nitrogens with one attached hydrogen (secondary N) is 3. The van der Waals surface area contributed by atoms with Crippen LogP contribution in [-0.4, -0.2) is 328 Å². The fourth-order valence-corrected chi connectivity index (χ4v) is 9.60. The number of amides is 3. The first-order valence-electron chi connectivity index (χ1n) is 24.1. The van der Waals surface area contributed by atoms with E-state index >= 15 is 0 Å². The molecule has 34 heteroatoms. The summed E-state index contributed by atoms with van der Waals surface area (Å²) in [7, 11) is 0. The zero-order valence-electron chi connectivity index (χ0n) is 40.9. The summed E-state index contributed by atoms with van der Waals surface area (Å²) in [5.74, 6) is -2.33. The van der Waals surface area contributed by atoms with Gasteiger partial charge in [-0.15, -0.1) is 0 Å². The summed E-state index contributed by atoms with van der Waals surface area (Å²) in [4.78, 5) is 36.7. The maximum atomic E-state index is 12.6. The van der Waals surface area contributed by atoms with Crippen LogP contribution in [0.5, 0.6) is 0 Å². The third kappa shape index (κ3) is 13.7. The summed E-state index contributed by atoms with van der Waals surface area (Å²) in [6.07, 6.45) is -51.6. The SMILES string of the molecule is CC(=O)N[C@@H]1[C@@H](O)[C@H](O[C@@H]2O[C@H](CO)[C@@H](O[C@@H]3O[C@H](CO[C@H]4O[C@H](CO)[C@@H](O)[C@H](O)[C@@H]4O[C@H]4O[C@H](CO)[C@@H](O)[C@H](O)[C@H]4NC(C)=O)[C@@H](O)[C@H](O[C@H]4O[C@H](CO)[C@@H](O)[C@H](O)[C@@H]4O)[C@@H]3O)[C@H](O)[C@H]2NC(C)=O)[C@@H](CO)O[C@H]1O. The maximum Gasteiger partial charge on any atom is 0.217 e. The number of ether oxygens (including phenoxy) is 11. The summed E-state index contributed by atoms with van der Waals surface area (Å²) < 4.78 is 63.6. The van der Waals surface area contributed by atoms with Gasteiger partial charge in [-0.1, -0.05) is 0 Å². The van der Waals surface area contributed by atoms with Crippen molar-refractivity contribution in [2.45, 2.75) is 205 Å². The number of carbonyl (C=O) groups excluding carboxylic acids is 3. The van der Waals surface area contributed by atoms with Crippen LogP contribution < -0.4 is 16.0 Å². The van der Waals surface area contributed by atoms with E-state index in [-0.39, 0.29) is 0 Å². The van der Waals surface area contributed by atoms with Crippen molar-refractivity contribution in [3.05, 3.63) is 0 Å². The molecule has 6 aliphatic rings. The molecule has 6 fully saturated rings. The van der Waals surface area contributed by atoms with E-state index in [0.29, 0.717) is 0 Å². The highest BCUT2D eigenvalue weighted by atomic mass is 16.8. The molecule has 0 aromatic rings. The standard InChI is InChI=1S/C42H71N3O31/c1-10(51)43-19-27(59)33(16(7-49)67-37(19)65)73-39-21(45-12(3)53)28(60)34(17(8-50)71-39)74-41-32(64)35(75-40-31(63)29(61)23(55)14(5-47)69-40)25(57)18(72-41)9-66-42-36(30(62)24(56)15(6-48)70-42)76-38-20(44-11(2)52)26(58)22(54)13(4-46)68-38/h13-42,46-50,54-65H,4-9H2,1-3H3,(H,43,51)(H,44,52)(H,45,53)/t13-,14-,15-,16-,17-,18-,19-,20-,21-,22-,23-,24-,25-,26-,27-,28-,29+,30+,31+,32+,33-,34-,35+,36+,37-,38-,39+,40-,41+,42+/m1/s1. The molecular formula is C42H71N3O31. The molecule has 0 aromatic heterocycles. The smallest absolute Gasteiger partial charge is 0.217 e. The minimum atomic E-state index is -2.29. The molecule has 6 aliphatic heterocycles. The molecule has 3 amide bonds. The minimum Gasteiger partial charge on any atom is -0.394 e. The van der Waals surface area contributed by atoms with Gasteiger partial charge in [-0.25, -0.2) is 0 Å². The second-order valence-corrected chi connectivity index (χ2v) is 19.0. The third-order valence-electron chi connectivity index (χ3n) is 13.6. The van der Waals surface area contributed by atoms with Crippen LogP contribution in [0.2, 0.25) is 0 Å². The van der Waals surface area contributed by atoms with Crippen molar-refractivity contribution in [3.63, 3.8) is 0 Å². The van der Waals surface area contributed by atoms with Gasteiger partial charge in [0.15, 0.2) is 37.7 Å². The molecular weight excluding hydrogens is 1040 g/mol. The third-order valence-corrected chi connectivity index (χ3v) is 13.6. The van der Waals surface area contributed by atoms with E-state index < -0.39 is 241 Å². The molecule has 440 valence electrons. The van der Waals surface area contributed by atoms with Crippen LogP contribution in [0.15, 0.2) is 0 Å². The molecule has 34 nitrogen and oxygen atoms in total. The average molecular weight is 1110 g/mol. The highest BCUT2D eigenvalue weighted by Crippen LogP contribution is 2.36. The zero-order valence-corrected chi connectivity index (χ0v) is 40.9. The van der Waals surface area contributed by atoms with Gasteiger partial charge in [-0.05, 0) is 0 Å². The Balaban J connectivity index is 1.30. The number of aliphatic hydroxyl groups excluding tert-OH is 17. The Morgan fingerprint density at radius 2 is 0.711 bits per heavy atom. The van der Waals surface area contributed by atoms with Crippen LogP contribution in [0.4, 0.5) is 0 Å². The summed E-state index contributed by atoms with van der Waals surface area (Å²) in [5.41, 5.74) is 0. The van der Waals surface area contributed by atoms with E-state index in [9.17, 15) is 101 Å². The van der Waals surface area contributed by atoms with Gasteiger partial charge >= 0.3 is 0 Å². The molecule has 0 spiro atoms. The van der Waals surface area contributed by atoms with Crippen LogP contribution in [0.25, 0.3) is 0 Å². The predicted octanol–water partition coefficient (Wildman–Crippen LogP) is -13.7. The number of rotatable bonds is 19. The van der Waals surface area contributed by atoms with Crippen molar-refractivity contribution < 1.29 is 153 Å². The van der Waals surface area contributed by atoms with Crippen molar-refractivity contribution in [2.24, 2.45) is 0 Å². The molecule has 0 aliphatic carbocycles. The summed E-state index contributed by atoms with van der Waals surface area (Å²) in [5, 5.41) is 190. The van der Waals surface area contributed by atoms with Gasteiger partial charge in [0.1, 0.15) is 146 Å². The van der Waals surface area contributed by atoms with Crippen molar-refractivity contribution in [1.29, 1.82) is 0 Å². The second-order valence-electron chi connectivity index (χ2n) is 19.0. The van der Waals surface area contributed by atoms with Crippen molar-refractivity contribution in [3.8, 4) is 0 Å². The lowest BCUT2D eigenvalue weighted by atomic mass is 9.94. The van der Waals surface area contributed by atoms with Crippen LogP contribution in [0.3, 0.4) is 0 Å². The Labute approximate surface area is 431 Å². The Hall–Kier alpha value is -2.71. The Morgan fingerprint density at radius 1 is 0.342 bits per heavy atom. The van der Waals surface area contributed by atoms with Crippen molar-refractivity contribution >= 4 is 17.7 Å². The van der Waals surface area contributed by atoms with E-state index in [4.69, 9.17) is 52.1 Å². The lowest BCUT2D eigenvalue weighted by Gasteiger charge is -2.50. The van der Waals surface area contributed by atoms with Gasteiger partial charge in [0.05, 0.1) is 39.6 Å². The first kappa shape index (κ1) is 62.5.